The Morgan fingerprint density at radius 3 is 1.50 bits per heavy atom. The molecule has 0 aliphatic carbocycles. The van der Waals surface area contributed by atoms with Crippen LogP contribution >= 0.6 is 7.82 Å². The maximum absolute atomic E-state index is 13.0. The molecule has 366 valence electrons. The van der Waals surface area contributed by atoms with Gasteiger partial charge in [0.25, 0.3) is 0 Å². The lowest BCUT2D eigenvalue weighted by atomic mass is 9.77. The van der Waals surface area contributed by atoms with E-state index in [9.17, 15) is 24.3 Å². The van der Waals surface area contributed by atoms with Gasteiger partial charge in [-0.1, -0.05) is 154 Å². The van der Waals surface area contributed by atoms with E-state index < -0.39 is 37.6 Å². The molecule has 1 heterocycles. The Kier molecular flexibility index (Phi) is 32.2. The van der Waals surface area contributed by atoms with Gasteiger partial charge in [-0.25, -0.2) is 4.57 Å². The van der Waals surface area contributed by atoms with Crippen LogP contribution in [0.15, 0.2) is 12.2 Å². The molecule has 0 amide bonds. The van der Waals surface area contributed by atoms with Crippen molar-refractivity contribution in [2.45, 2.75) is 257 Å². The van der Waals surface area contributed by atoms with E-state index in [1.807, 2.05) is 27.7 Å². The van der Waals surface area contributed by atoms with Crippen LogP contribution in [0.1, 0.15) is 234 Å². The first-order valence-electron chi connectivity index (χ1n) is 25.4. The number of phosphoric acid groups is 1. The van der Waals surface area contributed by atoms with E-state index >= 15 is 0 Å². The van der Waals surface area contributed by atoms with Gasteiger partial charge in [0.05, 0.1) is 26.7 Å². The third-order valence-corrected chi connectivity index (χ3v) is 13.8. The summed E-state index contributed by atoms with van der Waals surface area (Å²) in [5.74, 6) is -0.829. The highest BCUT2D eigenvalue weighted by atomic mass is 31.2. The number of hydrogen-bond acceptors (Lipinski definition) is 9. The maximum Gasteiger partial charge on any atom is 0.472 e. The van der Waals surface area contributed by atoms with Crippen molar-refractivity contribution >= 4 is 19.8 Å². The number of ether oxygens (including phenoxy) is 2. The Morgan fingerprint density at radius 2 is 1.05 bits per heavy atom. The fourth-order valence-corrected chi connectivity index (χ4v) is 9.49. The number of hydroxylamine groups is 2. The van der Waals surface area contributed by atoms with Crippen LogP contribution in [-0.4, -0.2) is 95.3 Å². The van der Waals surface area contributed by atoms with E-state index in [2.05, 4.69) is 40.1 Å². The Labute approximate surface area is 381 Å². The molecule has 2 N–H and O–H groups in total. The minimum atomic E-state index is -4.52. The molecule has 2 atom stereocenters. The SMILES string of the molecule is CCCCCCCC/C=C\CCCCCCCC(=O)O[C@H](COC(=O)CCCCCCCCCCCCCCC)COP(=O)(O)OCC[N+](C)(C)C1CC(C)(C)N(O)C(C)(C)C1. The molecule has 0 aromatic carbocycles. The third kappa shape index (κ3) is 29.3. The average molecular weight is 902 g/mol. The Hall–Kier alpha value is -1.33. The lowest BCUT2D eigenvalue weighted by Gasteiger charge is -2.54. The number of allylic oxidation sites excluding steroid dienone is 2. The normalized spacial score (nSPS) is 17.3. The van der Waals surface area contributed by atoms with Gasteiger partial charge >= 0.3 is 19.8 Å². The fraction of sp³-hybridized carbons (Fsp3) is 0.920. The molecule has 0 spiro atoms. The highest BCUT2D eigenvalue weighted by Gasteiger charge is 2.50. The van der Waals surface area contributed by atoms with Crippen LogP contribution in [0.3, 0.4) is 0 Å². The molecule has 0 radical (unpaired) electrons. The summed E-state index contributed by atoms with van der Waals surface area (Å²) in [6.07, 6.45) is 36.5. The molecule has 62 heavy (non-hydrogen) atoms. The molecule has 0 aromatic rings. The maximum atomic E-state index is 13.0. The Bertz CT molecular complexity index is 1210. The van der Waals surface area contributed by atoms with E-state index in [4.69, 9.17) is 18.5 Å². The summed E-state index contributed by atoms with van der Waals surface area (Å²) in [7, 11) is -0.389. The molecule has 11 nitrogen and oxygen atoms in total. The van der Waals surface area contributed by atoms with Gasteiger partial charge in [-0.2, -0.15) is 5.06 Å². The number of nitrogens with zero attached hydrogens (tertiary/aromatic N) is 2. The fourth-order valence-electron chi connectivity index (χ4n) is 8.75. The van der Waals surface area contributed by atoms with Gasteiger partial charge in [-0.05, 0) is 66.2 Å². The number of unbranched alkanes of at least 4 members (excludes halogenated alkanes) is 23. The molecule has 0 saturated carbocycles. The first kappa shape index (κ1) is 58.7. The average Bonchev–Trinajstić information content (AvgIpc) is 3.20. The summed E-state index contributed by atoms with van der Waals surface area (Å²) in [6, 6.07) is 0.186. The number of rotatable bonds is 40. The quantitative estimate of drug-likeness (QED) is 0.0201. The monoisotopic (exact) mass is 902 g/mol. The highest BCUT2D eigenvalue weighted by molar-refractivity contribution is 7.47. The molecule has 12 heteroatoms. The van der Waals surface area contributed by atoms with Gasteiger partial charge in [-0.3, -0.25) is 18.6 Å². The molecule has 1 unspecified atom stereocenters. The number of carbonyl (C=O) groups is 2. The highest BCUT2D eigenvalue weighted by Crippen LogP contribution is 2.44. The van der Waals surface area contributed by atoms with Crippen LogP contribution in [0.2, 0.25) is 0 Å². The van der Waals surface area contributed by atoms with Gasteiger partial charge in [0.2, 0.25) is 0 Å². The van der Waals surface area contributed by atoms with Gasteiger partial charge in [0.1, 0.15) is 19.8 Å². The van der Waals surface area contributed by atoms with E-state index in [0.29, 0.717) is 17.4 Å². The van der Waals surface area contributed by atoms with Crippen LogP contribution in [0.5, 0.6) is 0 Å². The van der Waals surface area contributed by atoms with Crippen LogP contribution in [0.25, 0.3) is 0 Å². The van der Waals surface area contributed by atoms with Crippen molar-refractivity contribution in [2.24, 2.45) is 0 Å². The van der Waals surface area contributed by atoms with Crippen molar-refractivity contribution in [3.8, 4) is 0 Å². The third-order valence-electron chi connectivity index (χ3n) is 12.8. The second-order valence-corrected chi connectivity index (χ2v) is 21.7. The summed E-state index contributed by atoms with van der Waals surface area (Å²) >= 11 is 0. The second-order valence-electron chi connectivity index (χ2n) is 20.2. The van der Waals surface area contributed by atoms with E-state index in [-0.39, 0.29) is 38.1 Å². The molecule has 1 aliphatic rings. The molecule has 1 saturated heterocycles. The summed E-state index contributed by atoms with van der Waals surface area (Å²) in [6.45, 7) is 12.3. The minimum Gasteiger partial charge on any atom is -0.462 e. The number of esters is 2. The molecule has 1 rings (SSSR count). The van der Waals surface area contributed by atoms with Crippen LogP contribution in [0.4, 0.5) is 0 Å². The van der Waals surface area contributed by atoms with Crippen molar-refractivity contribution in [1.82, 2.24) is 5.06 Å². The number of phosphoric ester groups is 1. The number of likely N-dealkylation sites (N-methyl/N-ethyl adjacent to an activating group) is 1. The number of piperidine rings is 1. The lowest BCUT2D eigenvalue weighted by molar-refractivity contribution is -0.918. The Morgan fingerprint density at radius 1 is 0.645 bits per heavy atom. The minimum absolute atomic E-state index is 0.0327. The largest absolute Gasteiger partial charge is 0.472 e. The lowest BCUT2D eigenvalue weighted by Crippen LogP contribution is -2.66. The van der Waals surface area contributed by atoms with Crippen LogP contribution < -0.4 is 0 Å². The van der Waals surface area contributed by atoms with Gasteiger partial charge in [0.15, 0.2) is 6.10 Å². The first-order chi connectivity index (χ1) is 29.5. The van der Waals surface area contributed by atoms with Crippen molar-refractivity contribution in [2.75, 3.05) is 40.5 Å². The summed E-state index contributed by atoms with van der Waals surface area (Å²) < 4.78 is 35.5. The molecular weight excluding hydrogens is 804 g/mol. The zero-order valence-electron chi connectivity index (χ0n) is 41.4. The number of hydrogen-bond donors (Lipinski definition) is 2. The van der Waals surface area contributed by atoms with Crippen molar-refractivity contribution in [1.29, 1.82) is 0 Å². The zero-order valence-corrected chi connectivity index (χ0v) is 42.3. The van der Waals surface area contributed by atoms with Crippen molar-refractivity contribution in [3.05, 3.63) is 12.2 Å². The molecule has 0 aromatic heterocycles. The second kappa shape index (κ2) is 34.0. The van der Waals surface area contributed by atoms with Crippen molar-refractivity contribution in [3.63, 3.8) is 0 Å². The Balaban J connectivity index is 2.53. The predicted octanol–water partition coefficient (Wildman–Crippen LogP) is 13.6. The van der Waals surface area contributed by atoms with E-state index in [1.165, 1.54) is 114 Å². The standard InChI is InChI=1S/C50H97N2O9P/c1-9-11-13-15-17-19-21-23-24-26-28-30-32-34-36-38-48(54)61-46(43-58-47(53)37-35-33-31-29-27-25-22-20-18-16-14-12-10-2)44-60-62(56,57)59-40-39-52(7,8)45-41-49(3,4)51(55)50(5,6)42-45/h23-24,45-46,55H,9-22,25-44H2,1-8H3/p+1/b24-23-/t46-/m1/s1. The van der Waals surface area contributed by atoms with Gasteiger partial charge in [-0.15, -0.1) is 0 Å². The van der Waals surface area contributed by atoms with Crippen LogP contribution in [-0.2, 0) is 32.7 Å². The van der Waals surface area contributed by atoms with E-state index in [0.717, 1.165) is 64.2 Å². The molecule has 1 aliphatic heterocycles. The summed E-state index contributed by atoms with van der Waals surface area (Å²) in [5, 5.41) is 12.2. The summed E-state index contributed by atoms with van der Waals surface area (Å²) in [5.41, 5.74) is -0.852. The predicted molar refractivity (Wildman–Crippen MR) is 254 cm³/mol. The van der Waals surface area contributed by atoms with Gasteiger partial charge < -0.3 is 24.1 Å². The molecule has 0 bridgehead atoms. The molecule has 1 fully saturated rings. The van der Waals surface area contributed by atoms with Gasteiger partial charge in [0, 0.05) is 36.8 Å². The smallest absolute Gasteiger partial charge is 0.462 e. The summed E-state index contributed by atoms with van der Waals surface area (Å²) in [4.78, 5) is 36.2. The first-order valence-corrected chi connectivity index (χ1v) is 26.9. The molecular formula is C50H98N2O9P+. The number of quaternary nitrogens is 1. The zero-order chi connectivity index (χ0) is 46.2. The van der Waals surface area contributed by atoms with E-state index in [1.54, 1.807) is 0 Å². The topological polar surface area (TPSA) is 132 Å². The number of carbonyl (C=O) groups excluding carboxylic acids is 2. The van der Waals surface area contributed by atoms with Crippen molar-refractivity contribution < 1.29 is 47.3 Å². The van der Waals surface area contributed by atoms with Crippen LogP contribution in [0, 0.1) is 0 Å².